The minimum atomic E-state index is -0.195. The van der Waals surface area contributed by atoms with Gasteiger partial charge in [-0.2, -0.15) is 5.10 Å². The Hall–Kier alpha value is -1.68. The molecule has 1 heterocycles. The number of rotatable bonds is 4. The Bertz CT molecular complexity index is 534. The molecule has 3 nitrogen and oxygen atoms in total. The summed E-state index contributed by atoms with van der Waals surface area (Å²) in [5, 5.41) is 7.69. The van der Waals surface area contributed by atoms with Crippen LogP contribution in [0.2, 0.25) is 0 Å². The van der Waals surface area contributed by atoms with E-state index in [1.807, 2.05) is 30.9 Å². The second-order valence-electron chi connectivity index (χ2n) is 4.58. The van der Waals surface area contributed by atoms with Crippen molar-refractivity contribution in [3.05, 3.63) is 53.1 Å². The van der Waals surface area contributed by atoms with Crippen LogP contribution in [0.5, 0.6) is 0 Å². The molecule has 0 saturated carbocycles. The van der Waals surface area contributed by atoms with Gasteiger partial charge in [0.25, 0.3) is 0 Å². The van der Waals surface area contributed by atoms with Crippen molar-refractivity contribution in [1.29, 1.82) is 0 Å². The Balaban J connectivity index is 2.00. The zero-order chi connectivity index (χ0) is 13.1. The lowest BCUT2D eigenvalue weighted by Gasteiger charge is -2.13. The summed E-state index contributed by atoms with van der Waals surface area (Å²) in [7, 11) is 1.91. The molecule has 0 spiro atoms. The number of nitrogens with zero attached hydrogens (tertiary/aromatic N) is 2. The maximum absolute atomic E-state index is 13.0. The average Bonchev–Trinajstić information content (AvgIpc) is 2.66. The first-order chi connectivity index (χ1) is 8.56. The molecule has 0 fully saturated rings. The van der Waals surface area contributed by atoms with Gasteiger partial charge in [-0.05, 0) is 31.5 Å². The minimum absolute atomic E-state index is 0.195. The highest BCUT2D eigenvalue weighted by atomic mass is 19.1. The number of aromatic nitrogens is 2. The van der Waals surface area contributed by atoms with Crippen molar-refractivity contribution in [3.8, 4) is 0 Å². The van der Waals surface area contributed by atoms with Crippen molar-refractivity contribution in [2.24, 2.45) is 7.05 Å². The quantitative estimate of drug-likeness (QED) is 0.900. The number of hydrogen-bond acceptors (Lipinski definition) is 2. The molecule has 0 amide bonds. The van der Waals surface area contributed by atoms with E-state index in [1.165, 1.54) is 11.6 Å². The van der Waals surface area contributed by atoms with Crippen LogP contribution in [0.15, 0.2) is 30.5 Å². The van der Waals surface area contributed by atoms with Gasteiger partial charge in [-0.3, -0.25) is 4.68 Å². The second-order valence-corrected chi connectivity index (χ2v) is 4.58. The van der Waals surface area contributed by atoms with Crippen LogP contribution in [0.4, 0.5) is 4.39 Å². The van der Waals surface area contributed by atoms with Crippen LogP contribution in [0.3, 0.4) is 0 Å². The van der Waals surface area contributed by atoms with E-state index in [1.54, 1.807) is 12.1 Å². The Labute approximate surface area is 107 Å². The van der Waals surface area contributed by atoms with Crippen LogP contribution in [-0.2, 0) is 13.6 Å². The Morgan fingerprint density at radius 2 is 2.22 bits per heavy atom. The normalized spacial score (nSPS) is 12.7. The third-order valence-electron chi connectivity index (χ3n) is 3.02. The molecule has 0 aliphatic heterocycles. The van der Waals surface area contributed by atoms with Gasteiger partial charge in [-0.1, -0.05) is 12.1 Å². The van der Waals surface area contributed by atoms with E-state index < -0.39 is 0 Å². The maximum Gasteiger partial charge on any atom is 0.123 e. The summed E-state index contributed by atoms with van der Waals surface area (Å²) in [6.45, 7) is 4.73. The standard InChI is InChI=1S/C14H18FN3/c1-10(14-9-18(3)17-11(14)2)16-8-12-5-4-6-13(15)7-12/h4-7,9-10,16H,8H2,1-3H3. The molecule has 0 aliphatic rings. The van der Waals surface area contributed by atoms with Crippen LogP contribution < -0.4 is 5.32 Å². The van der Waals surface area contributed by atoms with E-state index in [-0.39, 0.29) is 11.9 Å². The Morgan fingerprint density at radius 3 is 2.83 bits per heavy atom. The van der Waals surface area contributed by atoms with E-state index in [2.05, 4.69) is 17.3 Å². The van der Waals surface area contributed by atoms with Gasteiger partial charge in [0.05, 0.1) is 5.69 Å². The van der Waals surface area contributed by atoms with Crippen molar-refractivity contribution in [2.45, 2.75) is 26.4 Å². The van der Waals surface area contributed by atoms with Crippen molar-refractivity contribution >= 4 is 0 Å². The summed E-state index contributed by atoms with van der Waals surface area (Å²) in [5.74, 6) is -0.195. The lowest BCUT2D eigenvalue weighted by atomic mass is 10.1. The summed E-state index contributed by atoms with van der Waals surface area (Å²) >= 11 is 0. The SMILES string of the molecule is Cc1nn(C)cc1C(C)NCc1cccc(F)c1. The number of benzene rings is 1. The summed E-state index contributed by atoms with van der Waals surface area (Å²) in [4.78, 5) is 0. The summed E-state index contributed by atoms with van der Waals surface area (Å²) in [6.07, 6.45) is 2.01. The van der Waals surface area contributed by atoms with Crippen LogP contribution in [-0.4, -0.2) is 9.78 Å². The fraction of sp³-hybridized carbons (Fsp3) is 0.357. The van der Waals surface area contributed by atoms with Crippen molar-refractivity contribution in [1.82, 2.24) is 15.1 Å². The highest BCUT2D eigenvalue weighted by molar-refractivity contribution is 5.20. The van der Waals surface area contributed by atoms with Crippen LogP contribution in [0.25, 0.3) is 0 Å². The maximum atomic E-state index is 13.0. The smallest absolute Gasteiger partial charge is 0.123 e. The van der Waals surface area contributed by atoms with Crippen molar-refractivity contribution < 1.29 is 4.39 Å². The van der Waals surface area contributed by atoms with Gasteiger partial charge in [0.15, 0.2) is 0 Å². The van der Waals surface area contributed by atoms with Crippen LogP contribution >= 0.6 is 0 Å². The highest BCUT2D eigenvalue weighted by Crippen LogP contribution is 2.16. The van der Waals surface area contributed by atoms with Gasteiger partial charge < -0.3 is 5.32 Å². The number of aryl methyl sites for hydroxylation is 2. The van der Waals surface area contributed by atoms with Gasteiger partial charge in [0, 0.05) is 31.4 Å². The van der Waals surface area contributed by atoms with Gasteiger partial charge >= 0.3 is 0 Å². The number of halogens is 1. The Morgan fingerprint density at radius 1 is 1.44 bits per heavy atom. The molecule has 0 saturated heterocycles. The fourth-order valence-electron chi connectivity index (χ4n) is 2.07. The zero-order valence-electron chi connectivity index (χ0n) is 10.9. The van der Waals surface area contributed by atoms with E-state index in [0.29, 0.717) is 6.54 Å². The van der Waals surface area contributed by atoms with E-state index >= 15 is 0 Å². The molecular weight excluding hydrogens is 229 g/mol. The zero-order valence-corrected chi connectivity index (χ0v) is 10.9. The van der Waals surface area contributed by atoms with Gasteiger partial charge in [0.2, 0.25) is 0 Å². The predicted molar refractivity (Wildman–Crippen MR) is 69.6 cm³/mol. The molecule has 1 unspecified atom stereocenters. The van der Waals surface area contributed by atoms with E-state index in [0.717, 1.165) is 11.3 Å². The molecule has 0 radical (unpaired) electrons. The summed E-state index contributed by atoms with van der Waals surface area (Å²) < 4.78 is 14.9. The first-order valence-corrected chi connectivity index (χ1v) is 6.04. The molecule has 1 atom stereocenters. The van der Waals surface area contributed by atoms with Crippen LogP contribution in [0, 0.1) is 12.7 Å². The third kappa shape index (κ3) is 2.96. The molecule has 4 heteroatoms. The summed E-state index contributed by atoms with van der Waals surface area (Å²) in [5.41, 5.74) is 3.15. The van der Waals surface area contributed by atoms with Gasteiger partial charge in [0.1, 0.15) is 5.82 Å². The van der Waals surface area contributed by atoms with Crippen molar-refractivity contribution in [3.63, 3.8) is 0 Å². The molecular formula is C14H18FN3. The first-order valence-electron chi connectivity index (χ1n) is 6.04. The third-order valence-corrected chi connectivity index (χ3v) is 3.02. The molecule has 2 aromatic rings. The minimum Gasteiger partial charge on any atom is -0.306 e. The molecule has 0 aliphatic carbocycles. The Kier molecular flexibility index (Phi) is 3.77. The molecule has 18 heavy (non-hydrogen) atoms. The fourth-order valence-corrected chi connectivity index (χ4v) is 2.07. The molecule has 2 rings (SSSR count). The average molecular weight is 247 g/mol. The highest BCUT2D eigenvalue weighted by Gasteiger charge is 2.11. The van der Waals surface area contributed by atoms with Crippen LogP contribution in [0.1, 0.15) is 29.8 Å². The second kappa shape index (κ2) is 5.31. The molecule has 1 aromatic carbocycles. The monoisotopic (exact) mass is 247 g/mol. The number of hydrogen-bond donors (Lipinski definition) is 1. The first kappa shape index (κ1) is 12.8. The predicted octanol–water partition coefficient (Wildman–Crippen LogP) is 2.72. The van der Waals surface area contributed by atoms with Crippen molar-refractivity contribution in [2.75, 3.05) is 0 Å². The molecule has 96 valence electrons. The summed E-state index contributed by atoms with van der Waals surface area (Å²) in [6, 6.07) is 6.85. The van der Waals surface area contributed by atoms with E-state index in [9.17, 15) is 4.39 Å². The van der Waals surface area contributed by atoms with Gasteiger partial charge in [-0.25, -0.2) is 4.39 Å². The van der Waals surface area contributed by atoms with Gasteiger partial charge in [-0.15, -0.1) is 0 Å². The van der Waals surface area contributed by atoms with E-state index in [4.69, 9.17) is 0 Å². The largest absolute Gasteiger partial charge is 0.306 e. The topological polar surface area (TPSA) is 29.9 Å². The molecule has 1 N–H and O–H groups in total. The lowest BCUT2D eigenvalue weighted by Crippen LogP contribution is -2.18. The molecule has 0 bridgehead atoms. The lowest BCUT2D eigenvalue weighted by molar-refractivity contribution is 0.567. The molecule has 1 aromatic heterocycles. The number of nitrogens with one attached hydrogen (secondary N) is 1.